The highest BCUT2D eigenvalue weighted by Crippen LogP contribution is 2.21. The number of hydrogen-bond acceptors (Lipinski definition) is 5. The second-order valence-corrected chi connectivity index (χ2v) is 6.69. The number of aromatic nitrogens is 4. The second-order valence-electron chi connectivity index (χ2n) is 6.28. The van der Waals surface area contributed by atoms with Gasteiger partial charge in [-0.2, -0.15) is 10.1 Å². The van der Waals surface area contributed by atoms with Crippen LogP contribution in [0, 0.1) is 5.82 Å². The molecule has 8 nitrogen and oxygen atoms in total. The lowest BCUT2D eigenvalue weighted by Gasteiger charge is -2.12. The zero-order valence-corrected chi connectivity index (χ0v) is 16.0. The summed E-state index contributed by atoms with van der Waals surface area (Å²) in [7, 11) is 2.95. The molecule has 0 aliphatic carbocycles. The zero-order valence-electron chi connectivity index (χ0n) is 15.2. The Morgan fingerprint density at radius 3 is 2.59 bits per heavy atom. The Kier molecular flexibility index (Phi) is 4.88. The Hall–Kier alpha value is -2.94. The molecule has 0 fully saturated rings. The normalized spacial score (nSPS) is 11.8. The molecule has 3 aromatic rings. The van der Waals surface area contributed by atoms with Gasteiger partial charge in [0.2, 0.25) is 5.95 Å². The van der Waals surface area contributed by atoms with E-state index in [1.807, 2.05) is 13.8 Å². The number of rotatable bonds is 4. The first-order chi connectivity index (χ1) is 12.7. The summed E-state index contributed by atoms with van der Waals surface area (Å²) in [6.45, 7) is 3.74. The third kappa shape index (κ3) is 3.14. The molecule has 0 saturated heterocycles. The van der Waals surface area contributed by atoms with Gasteiger partial charge in [0.1, 0.15) is 5.82 Å². The van der Waals surface area contributed by atoms with Crippen molar-refractivity contribution in [1.82, 2.24) is 18.7 Å². The third-order valence-corrected chi connectivity index (χ3v) is 4.50. The molecule has 10 heteroatoms. The van der Waals surface area contributed by atoms with E-state index in [4.69, 9.17) is 11.6 Å². The number of nitrogens with zero attached hydrogens (tertiary/aromatic N) is 5. The monoisotopic (exact) mass is 392 g/mol. The van der Waals surface area contributed by atoms with Gasteiger partial charge in [0, 0.05) is 25.7 Å². The average molecular weight is 393 g/mol. The van der Waals surface area contributed by atoms with Gasteiger partial charge < -0.3 is 4.57 Å². The van der Waals surface area contributed by atoms with Gasteiger partial charge in [-0.15, -0.1) is 0 Å². The third-order valence-electron chi connectivity index (χ3n) is 4.17. The van der Waals surface area contributed by atoms with Crippen molar-refractivity contribution in [3.8, 4) is 0 Å². The van der Waals surface area contributed by atoms with Crippen molar-refractivity contribution in [1.29, 1.82) is 0 Å². The van der Waals surface area contributed by atoms with Crippen molar-refractivity contribution in [2.45, 2.75) is 19.9 Å². The number of halogens is 2. The summed E-state index contributed by atoms with van der Waals surface area (Å²) in [5.74, 6) is -0.260. The summed E-state index contributed by atoms with van der Waals surface area (Å²) in [6.07, 6.45) is 1.23. The first kappa shape index (κ1) is 18.8. The fourth-order valence-electron chi connectivity index (χ4n) is 2.78. The van der Waals surface area contributed by atoms with E-state index in [-0.39, 0.29) is 33.7 Å². The molecule has 0 aliphatic heterocycles. The highest BCUT2D eigenvalue weighted by molar-refractivity contribution is 6.33. The molecule has 0 amide bonds. The van der Waals surface area contributed by atoms with E-state index >= 15 is 0 Å². The van der Waals surface area contributed by atoms with Crippen molar-refractivity contribution in [3.05, 3.63) is 55.4 Å². The molecule has 0 radical (unpaired) electrons. The molecule has 0 atom stereocenters. The van der Waals surface area contributed by atoms with Gasteiger partial charge in [0.15, 0.2) is 11.2 Å². The van der Waals surface area contributed by atoms with Crippen LogP contribution in [0.25, 0.3) is 11.2 Å². The summed E-state index contributed by atoms with van der Waals surface area (Å²) in [5, 5.41) is 4.21. The number of nitrogens with one attached hydrogen (secondary N) is 1. The molecule has 0 aliphatic rings. The fourth-order valence-corrected chi connectivity index (χ4v) is 3.00. The fraction of sp³-hybridized carbons (Fsp3) is 0.294. The van der Waals surface area contributed by atoms with Gasteiger partial charge in [-0.25, -0.2) is 14.6 Å². The number of hydrogen-bond donors (Lipinski definition) is 1. The predicted molar refractivity (Wildman–Crippen MR) is 103 cm³/mol. The largest absolute Gasteiger partial charge is 0.332 e. The molecule has 3 rings (SSSR count). The summed E-state index contributed by atoms with van der Waals surface area (Å²) in [4.78, 5) is 29.1. The van der Waals surface area contributed by atoms with Gasteiger partial charge in [0.05, 0.1) is 11.2 Å². The smallest absolute Gasteiger partial charge is 0.300 e. The van der Waals surface area contributed by atoms with Crippen LogP contribution in [0.15, 0.2) is 32.9 Å². The van der Waals surface area contributed by atoms with Crippen molar-refractivity contribution in [2.75, 3.05) is 5.43 Å². The van der Waals surface area contributed by atoms with E-state index in [0.717, 1.165) is 4.57 Å². The number of anilines is 1. The number of fused-ring (bicyclic) bond motifs is 1. The summed E-state index contributed by atoms with van der Waals surface area (Å²) in [6, 6.07) is 4.18. The van der Waals surface area contributed by atoms with Crippen molar-refractivity contribution >= 4 is 34.9 Å². The van der Waals surface area contributed by atoms with E-state index in [0.29, 0.717) is 0 Å². The Labute approximate surface area is 158 Å². The van der Waals surface area contributed by atoms with Crippen LogP contribution in [-0.2, 0) is 14.1 Å². The lowest BCUT2D eigenvalue weighted by molar-refractivity contribution is 0.615. The average Bonchev–Trinajstić information content (AvgIpc) is 3.00. The van der Waals surface area contributed by atoms with Crippen LogP contribution in [-0.4, -0.2) is 24.9 Å². The van der Waals surface area contributed by atoms with E-state index < -0.39 is 17.1 Å². The van der Waals surface area contributed by atoms with Crippen molar-refractivity contribution in [2.24, 2.45) is 19.2 Å². The number of imidazole rings is 1. The molecule has 1 N–H and O–H groups in total. The lowest BCUT2D eigenvalue weighted by Crippen LogP contribution is -2.37. The SMILES string of the molecule is CC(C)n1c(N/N=C\c2c(F)cccc2Cl)nc2c1c(=O)n(C)c(=O)n2C. The van der Waals surface area contributed by atoms with Crippen LogP contribution in [0.2, 0.25) is 5.02 Å². The Balaban J connectivity index is 2.13. The van der Waals surface area contributed by atoms with E-state index in [2.05, 4.69) is 15.5 Å². The van der Waals surface area contributed by atoms with Gasteiger partial charge >= 0.3 is 5.69 Å². The van der Waals surface area contributed by atoms with Crippen molar-refractivity contribution < 1.29 is 4.39 Å². The van der Waals surface area contributed by atoms with Gasteiger partial charge in [-0.3, -0.25) is 13.9 Å². The van der Waals surface area contributed by atoms with Crippen LogP contribution >= 0.6 is 11.6 Å². The predicted octanol–water partition coefficient (Wildman–Crippen LogP) is 2.25. The Bertz CT molecular complexity index is 1150. The minimum absolute atomic E-state index is 0.127. The van der Waals surface area contributed by atoms with Gasteiger partial charge in [-0.1, -0.05) is 17.7 Å². The molecular weight excluding hydrogens is 375 g/mol. The second kappa shape index (κ2) is 6.99. The molecule has 2 heterocycles. The molecule has 0 spiro atoms. The molecule has 142 valence electrons. The lowest BCUT2D eigenvalue weighted by atomic mass is 10.2. The number of hydrazone groups is 1. The highest BCUT2D eigenvalue weighted by Gasteiger charge is 2.20. The van der Waals surface area contributed by atoms with Crippen molar-refractivity contribution in [3.63, 3.8) is 0 Å². The van der Waals surface area contributed by atoms with Crippen LogP contribution in [0.3, 0.4) is 0 Å². The van der Waals surface area contributed by atoms with E-state index in [1.165, 1.54) is 37.0 Å². The van der Waals surface area contributed by atoms with Crippen LogP contribution in [0.4, 0.5) is 10.3 Å². The van der Waals surface area contributed by atoms with Crippen LogP contribution < -0.4 is 16.7 Å². The topological polar surface area (TPSA) is 86.2 Å². The minimum atomic E-state index is -0.512. The molecule has 0 unspecified atom stereocenters. The van der Waals surface area contributed by atoms with E-state index in [1.54, 1.807) is 10.6 Å². The Morgan fingerprint density at radius 1 is 1.26 bits per heavy atom. The summed E-state index contributed by atoms with van der Waals surface area (Å²) in [5.41, 5.74) is 2.42. The Morgan fingerprint density at radius 2 is 1.96 bits per heavy atom. The van der Waals surface area contributed by atoms with Crippen LogP contribution in [0.1, 0.15) is 25.5 Å². The minimum Gasteiger partial charge on any atom is -0.300 e. The number of benzene rings is 1. The maximum Gasteiger partial charge on any atom is 0.332 e. The summed E-state index contributed by atoms with van der Waals surface area (Å²) < 4.78 is 17.8. The molecule has 27 heavy (non-hydrogen) atoms. The van der Waals surface area contributed by atoms with Gasteiger partial charge in [-0.05, 0) is 26.0 Å². The maximum atomic E-state index is 13.8. The first-order valence-corrected chi connectivity index (χ1v) is 8.52. The van der Waals surface area contributed by atoms with E-state index in [9.17, 15) is 14.0 Å². The standard InChI is InChI=1S/C17H18ClFN6O2/c1-9(2)25-13-14(23(3)17(27)24(4)15(13)26)21-16(25)22-20-8-10-11(18)6-5-7-12(10)19/h5-9H,1-4H3,(H,21,22)/b20-8-. The maximum absolute atomic E-state index is 13.8. The molecule has 2 aromatic heterocycles. The summed E-state index contributed by atoms with van der Waals surface area (Å²) >= 11 is 5.97. The highest BCUT2D eigenvalue weighted by atomic mass is 35.5. The van der Waals surface area contributed by atoms with Crippen LogP contribution in [0.5, 0.6) is 0 Å². The molecule has 0 bridgehead atoms. The quantitative estimate of drug-likeness (QED) is 0.545. The zero-order chi connectivity index (χ0) is 19.9. The number of aryl methyl sites for hydroxylation is 1. The molecule has 0 saturated carbocycles. The van der Waals surface area contributed by atoms with Gasteiger partial charge in [0.25, 0.3) is 5.56 Å². The molecule has 1 aromatic carbocycles. The first-order valence-electron chi connectivity index (χ1n) is 8.15. The molecular formula is C17H18ClFN6O2.